The number of H-pyrrole nitrogens is 1. The van der Waals surface area contributed by atoms with Crippen molar-refractivity contribution in [3.8, 4) is 11.5 Å². The summed E-state index contributed by atoms with van der Waals surface area (Å²) in [5.41, 5.74) is 1.51. The number of aromatic amines is 1. The molecule has 2 heterocycles. The Kier molecular flexibility index (Phi) is 3.83. The van der Waals surface area contributed by atoms with E-state index in [-0.39, 0.29) is 11.9 Å². The van der Waals surface area contributed by atoms with E-state index in [0.29, 0.717) is 31.1 Å². The zero-order chi connectivity index (χ0) is 16.4. The van der Waals surface area contributed by atoms with Crippen molar-refractivity contribution in [2.24, 2.45) is 0 Å². The van der Waals surface area contributed by atoms with E-state index in [4.69, 9.17) is 9.47 Å². The quantitative estimate of drug-likeness (QED) is 0.762. The van der Waals surface area contributed by atoms with Gasteiger partial charge < -0.3 is 19.8 Å². The fraction of sp³-hybridized carbons (Fsp3) is 0.211. The lowest BCUT2D eigenvalue weighted by Crippen LogP contribution is -2.41. The SMILES string of the molecule is O=C(NC1CCOc2ccccc2OC1)c1cc2ccccc2[nH]1. The first kappa shape index (κ1) is 14.6. The second-order valence-corrected chi connectivity index (χ2v) is 5.84. The second-order valence-electron chi connectivity index (χ2n) is 5.84. The first-order chi connectivity index (χ1) is 11.8. The molecule has 1 amide bonds. The Morgan fingerprint density at radius 3 is 2.62 bits per heavy atom. The number of ether oxygens (including phenoxy) is 2. The van der Waals surface area contributed by atoms with E-state index in [9.17, 15) is 4.79 Å². The van der Waals surface area contributed by atoms with Gasteiger partial charge in [-0.1, -0.05) is 30.3 Å². The van der Waals surface area contributed by atoms with Crippen LogP contribution in [-0.4, -0.2) is 30.1 Å². The number of fused-ring (bicyclic) bond motifs is 2. The van der Waals surface area contributed by atoms with Gasteiger partial charge in [0.05, 0.1) is 12.6 Å². The Morgan fingerprint density at radius 1 is 1.04 bits per heavy atom. The van der Waals surface area contributed by atoms with E-state index >= 15 is 0 Å². The van der Waals surface area contributed by atoms with E-state index in [1.165, 1.54) is 0 Å². The van der Waals surface area contributed by atoms with Crippen LogP contribution in [0.2, 0.25) is 0 Å². The van der Waals surface area contributed by atoms with Gasteiger partial charge in [-0.3, -0.25) is 4.79 Å². The summed E-state index contributed by atoms with van der Waals surface area (Å²) in [7, 11) is 0. The highest BCUT2D eigenvalue weighted by Crippen LogP contribution is 2.28. The van der Waals surface area contributed by atoms with Gasteiger partial charge in [-0.15, -0.1) is 0 Å². The van der Waals surface area contributed by atoms with Gasteiger partial charge in [0, 0.05) is 17.3 Å². The normalized spacial score (nSPS) is 17.1. The minimum atomic E-state index is -0.131. The third-order valence-corrected chi connectivity index (χ3v) is 4.12. The van der Waals surface area contributed by atoms with Crippen molar-refractivity contribution >= 4 is 16.8 Å². The molecule has 0 bridgehead atoms. The molecule has 1 unspecified atom stereocenters. The summed E-state index contributed by atoms with van der Waals surface area (Å²) in [6, 6.07) is 17.2. The molecule has 0 spiro atoms. The molecule has 1 aliphatic heterocycles. The van der Waals surface area contributed by atoms with Crippen LogP contribution in [-0.2, 0) is 0 Å². The Balaban J connectivity index is 1.46. The van der Waals surface area contributed by atoms with Crippen molar-refractivity contribution in [2.45, 2.75) is 12.5 Å². The number of hydrogen-bond donors (Lipinski definition) is 2. The summed E-state index contributed by atoms with van der Waals surface area (Å²) in [5.74, 6) is 1.33. The van der Waals surface area contributed by atoms with Crippen molar-refractivity contribution in [2.75, 3.05) is 13.2 Å². The van der Waals surface area contributed by atoms with Crippen LogP contribution < -0.4 is 14.8 Å². The smallest absolute Gasteiger partial charge is 0.268 e. The molecule has 0 saturated carbocycles. The van der Waals surface area contributed by atoms with Crippen molar-refractivity contribution in [3.63, 3.8) is 0 Å². The topological polar surface area (TPSA) is 63.4 Å². The Morgan fingerprint density at radius 2 is 1.79 bits per heavy atom. The average Bonchev–Trinajstić information content (AvgIpc) is 3.02. The van der Waals surface area contributed by atoms with Gasteiger partial charge in [0.1, 0.15) is 12.3 Å². The van der Waals surface area contributed by atoms with Gasteiger partial charge in [-0.25, -0.2) is 0 Å². The first-order valence-corrected chi connectivity index (χ1v) is 8.03. The van der Waals surface area contributed by atoms with Gasteiger partial charge in [0.15, 0.2) is 11.5 Å². The molecule has 1 aliphatic rings. The van der Waals surface area contributed by atoms with Crippen LogP contribution in [0.25, 0.3) is 10.9 Å². The molecule has 3 aromatic rings. The van der Waals surface area contributed by atoms with Crippen LogP contribution in [0.15, 0.2) is 54.6 Å². The molecule has 0 saturated heterocycles. The third-order valence-electron chi connectivity index (χ3n) is 4.12. The molecule has 122 valence electrons. The van der Waals surface area contributed by atoms with Crippen LogP contribution in [0.5, 0.6) is 11.5 Å². The Hall–Kier alpha value is -2.95. The summed E-state index contributed by atoms with van der Waals surface area (Å²) < 4.78 is 11.5. The summed E-state index contributed by atoms with van der Waals surface area (Å²) in [6.45, 7) is 0.963. The fourth-order valence-electron chi connectivity index (χ4n) is 2.85. The maximum Gasteiger partial charge on any atom is 0.268 e. The average molecular weight is 322 g/mol. The number of aromatic nitrogens is 1. The highest BCUT2D eigenvalue weighted by molar-refractivity contribution is 5.98. The maximum atomic E-state index is 12.5. The summed E-state index contributed by atoms with van der Waals surface area (Å²) in [4.78, 5) is 15.6. The molecule has 2 aromatic carbocycles. The highest BCUT2D eigenvalue weighted by Gasteiger charge is 2.19. The van der Waals surface area contributed by atoms with Gasteiger partial charge in [-0.2, -0.15) is 0 Å². The van der Waals surface area contributed by atoms with Crippen LogP contribution in [0.3, 0.4) is 0 Å². The lowest BCUT2D eigenvalue weighted by Gasteiger charge is -2.23. The second kappa shape index (κ2) is 6.28. The van der Waals surface area contributed by atoms with E-state index in [2.05, 4.69) is 10.3 Å². The number of carbonyl (C=O) groups excluding carboxylic acids is 1. The highest BCUT2D eigenvalue weighted by atomic mass is 16.5. The lowest BCUT2D eigenvalue weighted by molar-refractivity contribution is 0.0900. The molecule has 1 atom stereocenters. The summed E-state index contributed by atoms with van der Waals surface area (Å²) in [5, 5.41) is 4.04. The van der Waals surface area contributed by atoms with Gasteiger partial charge in [0.2, 0.25) is 0 Å². The standard InChI is InChI=1S/C19H18N2O3/c22-19(16-11-13-5-1-2-6-15(13)21-16)20-14-9-10-23-17-7-3-4-8-18(17)24-12-14/h1-8,11,14,21H,9-10,12H2,(H,20,22). The molecule has 0 fully saturated rings. The molecule has 24 heavy (non-hydrogen) atoms. The molecule has 5 nitrogen and oxygen atoms in total. The first-order valence-electron chi connectivity index (χ1n) is 8.03. The van der Waals surface area contributed by atoms with Gasteiger partial charge in [-0.05, 0) is 24.3 Å². The van der Waals surface area contributed by atoms with Crippen molar-refractivity contribution in [1.29, 1.82) is 0 Å². The van der Waals surface area contributed by atoms with E-state index in [0.717, 1.165) is 16.7 Å². The maximum absolute atomic E-state index is 12.5. The van der Waals surface area contributed by atoms with Crippen molar-refractivity contribution in [3.05, 3.63) is 60.3 Å². The van der Waals surface area contributed by atoms with Crippen LogP contribution in [0.4, 0.5) is 0 Å². The van der Waals surface area contributed by atoms with E-state index in [1.807, 2.05) is 54.6 Å². The molecule has 4 rings (SSSR count). The Bertz CT molecular complexity index is 839. The van der Waals surface area contributed by atoms with E-state index in [1.54, 1.807) is 0 Å². The largest absolute Gasteiger partial charge is 0.490 e. The minimum Gasteiger partial charge on any atom is -0.490 e. The van der Waals surface area contributed by atoms with Crippen LogP contribution in [0, 0.1) is 0 Å². The molecule has 5 heteroatoms. The Labute approximate surface area is 139 Å². The number of benzene rings is 2. The molecule has 0 radical (unpaired) electrons. The number of nitrogens with one attached hydrogen (secondary N) is 2. The third kappa shape index (κ3) is 2.93. The molecular weight excluding hydrogens is 304 g/mol. The number of amides is 1. The fourth-order valence-corrected chi connectivity index (χ4v) is 2.85. The summed E-state index contributed by atoms with van der Waals surface area (Å²) >= 11 is 0. The molecule has 0 aliphatic carbocycles. The number of hydrogen-bond acceptors (Lipinski definition) is 3. The summed E-state index contributed by atoms with van der Waals surface area (Å²) in [6.07, 6.45) is 0.695. The number of carbonyl (C=O) groups is 1. The van der Waals surface area contributed by atoms with Gasteiger partial charge in [0.25, 0.3) is 5.91 Å². The van der Waals surface area contributed by atoms with Crippen LogP contribution >= 0.6 is 0 Å². The lowest BCUT2D eigenvalue weighted by atomic mass is 10.2. The van der Waals surface area contributed by atoms with Crippen LogP contribution in [0.1, 0.15) is 16.9 Å². The van der Waals surface area contributed by atoms with Gasteiger partial charge >= 0.3 is 0 Å². The number of para-hydroxylation sites is 3. The van der Waals surface area contributed by atoms with Crippen molar-refractivity contribution in [1.82, 2.24) is 10.3 Å². The predicted octanol–water partition coefficient (Wildman–Crippen LogP) is 3.13. The van der Waals surface area contributed by atoms with E-state index < -0.39 is 0 Å². The minimum absolute atomic E-state index is 0.0998. The number of rotatable bonds is 2. The molecule has 2 N–H and O–H groups in total. The van der Waals surface area contributed by atoms with Crippen molar-refractivity contribution < 1.29 is 14.3 Å². The zero-order valence-electron chi connectivity index (χ0n) is 13.1. The zero-order valence-corrected chi connectivity index (χ0v) is 13.1. The predicted molar refractivity (Wildman–Crippen MR) is 91.6 cm³/mol. The molecular formula is C19H18N2O3. The monoisotopic (exact) mass is 322 g/mol. The molecule has 1 aromatic heterocycles.